The largest absolute Gasteiger partial charge is 0.355 e. The maximum Gasteiger partial charge on any atom is 0.254 e. The molecule has 0 heterocycles. The highest BCUT2D eigenvalue weighted by atomic mass is 16.2. The predicted molar refractivity (Wildman–Crippen MR) is 76.3 cm³/mol. The van der Waals surface area contributed by atoms with Gasteiger partial charge in [-0.05, 0) is 52.0 Å². The predicted octanol–water partition coefficient (Wildman–Crippen LogP) is 2.31. The Hall–Kier alpha value is -1.84. The van der Waals surface area contributed by atoms with E-state index in [1.54, 1.807) is 31.3 Å². The molecule has 0 fully saturated rings. The van der Waals surface area contributed by atoms with Crippen molar-refractivity contribution in [1.82, 2.24) is 10.2 Å². The molecular formula is C15H22N2O2. The normalized spacial score (nSPS) is 10.7. The molecule has 0 spiro atoms. The Kier molecular flexibility index (Phi) is 5.10. The molecule has 2 amide bonds. The number of nitrogens with one attached hydrogen (secondary N) is 1. The minimum Gasteiger partial charge on any atom is -0.355 e. The van der Waals surface area contributed by atoms with Crippen LogP contribution in [0.5, 0.6) is 0 Å². The summed E-state index contributed by atoms with van der Waals surface area (Å²) in [5.41, 5.74) is 1.16. The first kappa shape index (κ1) is 15.2. The number of rotatable bonds is 4. The Morgan fingerprint density at radius 3 is 1.74 bits per heavy atom. The van der Waals surface area contributed by atoms with Gasteiger partial charge in [0.05, 0.1) is 0 Å². The van der Waals surface area contributed by atoms with Gasteiger partial charge in [-0.3, -0.25) is 9.59 Å². The van der Waals surface area contributed by atoms with E-state index in [0.717, 1.165) is 0 Å². The fraction of sp³-hybridized carbons (Fsp3) is 0.467. The third-order valence-corrected chi connectivity index (χ3v) is 2.97. The van der Waals surface area contributed by atoms with E-state index in [4.69, 9.17) is 0 Å². The highest BCUT2D eigenvalue weighted by Crippen LogP contribution is 2.13. The lowest BCUT2D eigenvalue weighted by atomic mass is 10.1. The van der Waals surface area contributed by atoms with E-state index in [1.165, 1.54) is 0 Å². The molecule has 104 valence electrons. The third-order valence-electron chi connectivity index (χ3n) is 2.97. The van der Waals surface area contributed by atoms with Crippen molar-refractivity contribution in [3.8, 4) is 0 Å². The van der Waals surface area contributed by atoms with Crippen LogP contribution in [0.3, 0.4) is 0 Å². The van der Waals surface area contributed by atoms with Gasteiger partial charge in [0.25, 0.3) is 11.8 Å². The van der Waals surface area contributed by atoms with E-state index in [2.05, 4.69) is 5.32 Å². The van der Waals surface area contributed by atoms with Crippen LogP contribution in [-0.4, -0.2) is 35.8 Å². The second kappa shape index (κ2) is 6.36. The first-order valence-electron chi connectivity index (χ1n) is 6.53. The maximum absolute atomic E-state index is 12.4. The van der Waals surface area contributed by atoms with Gasteiger partial charge in [0.15, 0.2) is 0 Å². The Balaban J connectivity index is 2.97. The van der Waals surface area contributed by atoms with Crippen LogP contribution in [0.2, 0.25) is 0 Å². The summed E-state index contributed by atoms with van der Waals surface area (Å²) in [6.45, 7) is 7.99. The number of nitrogens with zero attached hydrogens (tertiary/aromatic N) is 1. The quantitative estimate of drug-likeness (QED) is 0.905. The first-order chi connectivity index (χ1) is 8.88. The molecule has 1 aromatic carbocycles. The first-order valence-corrected chi connectivity index (χ1v) is 6.53. The SMILES string of the molecule is CNC(=O)c1ccc(C(=O)N(C(C)C)C(C)C)cc1. The van der Waals surface area contributed by atoms with Crippen LogP contribution in [0.1, 0.15) is 48.4 Å². The summed E-state index contributed by atoms with van der Waals surface area (Å²) in [6.07, 6.45) is 0. The fourth-order valence-corrected chi connectivity index (χ4v) is 2.12. The van der Waals surface area contributed by atoms with Gasteiger partial charge in [0.2, 0.25) is 0 Å². The fourth-order valence-electron chi connectivity index (χ4n) is 2.12. The van der Waals surface area contributed by atoms with Crippen LogP contribution < -0.4 is 5.32 Å². The van der Waals surface area contributed by atoms with Gasteiger partial charge in [-0.25, -0.2) is 0 Å². The third kappa shape index (κ3) is 3.56. The van der Waals surface area contributed by atoms with E-state index in [9.17, 15) is 9.59 Å². The van der Waals surface area contributed by atoms with Crippen molar-refractivity contribution in [2.45, 2.75) is 39.8 Å². The van der Waals surface area contributed by atoms with Crippen molar-refractivity contribution < 1.29 is 9.59 Å². The molecule has 0 saturated carbocycles. The highest BCUT2D eigenvalue weighted by Gasteiger charge is 2.21. The second-order valence-corrected chi connectivity index (χ2v) is 5.06. The Morgan fingerprint density at radius 1 is 0.947 bits per heavy atom. The van der Waals surface area contributed by atoms with Crippen molar-refractivity contribution in [3.05, 3.63) is 35.4 Å². The molecule has 4 heteroatoms. The number of amides is 2. The molecule has 0 atom stereocenters. The lowest BCUT2D eigenvalue weighted by molar-refractivity contribution is 0.0643. The summed E-state index contributed by atoms with van der Waals surface area (Å²) in [7, 11) is 1.58. The molecule has 0 saturated heterocycles. The van der Waals surface area contributed by atoms with Crippen molar-refractivity contribution in [3.63, 3.8) is 0 Å². The summed E-state index contributed by atoms with van der Waals surface area (Å²) in [5, 5.41) is 2.55. The van der Waals surface area contributed by atoms with Gasteiger partial charge >= 0.3 is 0 Å². The second-order valence-electron chi connectivity index (χ2n) is 5.06. The molecule has 1 N–H and O–H groups in total. The molecule has 19 heavy (non-hydrogen) atoms. The number of carbonyl (C=O) groups excluding carboxylic acids is 2. The highest BCUT2D eigenvalue weighted by molar-refractivity contribution is 5.97. The van der Waals surface area contributed by atoms with Gasteiger partial charge in [-0.15, -0.1) is 0 Å². The molecule has 1 aromatic rings. The number of benzene rings is 1. The smallest absolute Gasteiger partial charge is 0.254 e. The van der Waals surface area contributed by atoms with E-state index in [0.29, 0.717) is 11.1 Å². The lowest BCUT2D eigenvalue weighted by Gasteiger charge is -2.30. The number of hydrogen-bond donors (Lipinski definition) is 1. The van der Waals surface area contributed by atoms with Crippen LogP contribution in [0.15, 0.2) is 24.3 Å². The minimum atomic E-state index is -0.149. The standard InChI is InChI=1S/C15H22N2O2/c1-10(2)17(11(3)4)15(19)13-8-6-12(7-9-13)14(18)16-5/h6-11H,1-5H3,(H,16,18). The zero-order valence-electron chi connectivity index (χ0n) is 12.2. The summed E-state index contributed by atoms with van der Waals surface area (Å²) in [5.74, 6) is -0.156. The summed E-state index contributed by atoms with van der Waals surface area (Å²) < 4.78 is 0. The van der Waals surface area contributed by atoms with Crippen LogP contribution in [-0.2, 0) is 0 Å². The number of carbonyl (C=O) groups is 2. The molecule has 0 aliphatic heterocycles. The zero-order chi connectivity index (χ0) is 14.6. The monoisotopic (exact) mass is 262 g/mol. The molecule has 4 nitrogen and oxygen atoms in total. The number of hydrogen-bond acceptors (Lipinski definition) is 2. The van der Waals surface area contributed by atoms with Gasteiger partial charge in [0, 0.05) is 30.3 Å². The molecule has 0 aromatic heterocycles. The van der Waals surface area contributed by atoms with Gasteiger partial charge in [0.1, 0.15) is 0 Å². The molecule has 0 aliphatic rings. The van der Waals surface area contributed by atoms with E-state index in [1.807, 2.05) is 32.6 Å². The Bertz CT molecular complexity index is 442. The summed E-state index contributed by atoms with van der Waals surface area (Å²) in [4.78, 5) is 25.7. The van der Waals surface area contributed by atoms with E-state index >= 15 is 0 Å². The zero-order valence-corrected chi connectivity index (χ0v) is 12.2. The lowest BCUT2D eigenvalue weighted by Crippen LogP contribution is -2.42. The molecule has 1 rings (SSSR count). The van der Waals surface area contributed by atoms with Crippen molar-refractivity contribution in [2.24, 2.45) is 0 Å². The van der Waals surface area contributed by atoms with Crippen LogP contribution >= 0.6 is 0 Å². The Labute approximate surface area is 114 Å². The summed E-state index contributed by atoms with van der Waals surface area (Å²) in [6, 6.07) is 7.03. The Morgan fingerprint density at radius 2 is 1.37 bits per heavy atom. The maximum atomic E-state index is 12.4. The van der Waals surface area contributed by atoms with Crippen LogP contribution in [0, 0.1) is 0 Å². The molecule has 0 aliphatic carbocycles. The minimum absolute atomic E-state index is 0.00606. The van der Waals surface area contributed by atoms with Crippen LogP contribution in [0.4, 0.5) is 0 Å². The molecule has 0 radical (unpaired) electrons. The van der Waals surface area contributed by atoms with Gasteiger partial charge in [-0.2, -0.15) is 0 Å². The van der Waals surface area contributed by atoms with Crippen molar-refractivity contribution in [1.29, 1.82) is 0 Å². The topological polar surface area (TPSA) is 49.4 Å². The summed E-state index contributed by atoms with van der Waals surface area (Å²) >= 11 is 0. The van der Waals surface area contributed by atoms with Crippen molar-refractivity contribution in [2.75, 3.05) is 7.05 Å². The molecular weight excluding hydrogens is 240 g/mol. The van der Waals surface area contributed by atoms with Crippen molar-refractivity contribution >= 4 is 11.8 Å². The van der Waals surface area contributed by atoms with Gasteiger partial charge in [-0.1, -0.05) is 0 Å². The average molecular weight is 262 g/mol. The van der Waals surface area contributed by atoms with Crippen LogP contribution in [0.25, 0.3) is 0 Å². The molecule has 0 unspecified atom stereocenters. The molecule has 0 bridgehead atoms. The average Bonchev–Trinajstić information content (AvgIpc) is 2.37. The van der Waals surface area contributed by atoms with E-state index in [-0.39, 0.29) is 23.9 Å². The van der Waals surface area contributed by atoms with Gasteiger partial charge < -0.3 is 10.2 Å². The van der Waals surface area contributed by atoms with E-state index < -0.39 is 0 Å².